The van der Waals surface area contributed by atoms with Crippen molar-refractivity contribution in [2.75, 3.05) is 11.9 Å². The summed E-state index contributed by atoms with van der Waals surface area (Å²) in [5.41, 5.74) is 0.166. The van der Waals surface area contributed by atoms with Crippen LogP contribution in [0.1, 0.15) is 65.2 Å². The van der Waals surface area contributed by atoms with Crippen LogP contribution in [0.15, 0.2) is 0 Å². The average Bonchev–Trinajstić information content (AvgIpc) is 2.35. The smallest absolute Gasteiger partial charge is 0.0779 e. The van der Waals surface area contributed by atoms with Crippen LogP contribution in [-0.4, -0.2) is 17.5 Å². The van der Waals surface area contributed by atoms with E-state index in [1.165, 1.54) is 51.4 Å². The Balaban J connectivity index is 2.28. The number of hydrogen-bond acceptors (Lipinski definition) is 1. The van der Waals surface area contributed by atoms with Crippen molar-refractivity contribution in [3.63, 3.8) is 0 Å². The predicted octanol–water partition coefficient (Wildman–Crippen LogP) is 4.93. The van der Waals surface area contributed by atoms with E-state index in [2.05, 4.69) is 29.8 Å². The highest BCUT2D eigenvalue weighted by molar-refractivity contribution is 9.09. The minimum absolute atomic E-state index is 0.166. The van der Waals surface area contributed by atoms with Crippen LogP contribution in [0.2, 0.25) is 0 Å². The lowest BCUT2D eigenvalue weighted by Crippen LogP contribution is -2.39. The Kier molecular flexibility index (Phi) is 6.98. The van der Waals surface area contributed by atoms with Crippen LogP contribution in [0, 0.1) is 5.92 Å². The van der Waals surface area contributed by atoms with Crippen LogP contribution in [0.25, 0.3) is 0 Å². The van der Waals surface area contributed by atoms with Crippen LogP contribution >= 0.6 is 15.9 Å². The predicted molar refractivity (Wildman–Crippen MR) is 74.3 cm³/mol. The van der Waals surface area contributed by atoms with Crippen LogP contribution in [-0.2, 0) is 4.74 Å². The van der Waals surface area contributed by atoms with Crippen molar-refractivity contribution in [3.05, 3.63) is 0 Å². The molecule has 0 radical (unpaired) electrons. The standard InChI is InChI=1S/C14H27BrO/c1-3-5-6-11-16-14(12-15)9-7-13(4-2)8-10-14/h13H,3-12H2,1-2H3. The van der Waals surface area contributed by atoms with Gasteiger partial charge in [0.15, 0.2) is 0 Å². The molecule has 1 fully saturated rings. The molecule has 1 aliphatic carbocycles. The zero-order valence-corrected chi connectivity index (χ0v) is 12.5. The van der Waals surface area contributed by atoms with E-state index in [0.29, 0.717) is 0 Å². The van der Waals surface area contributed by atoms with Gasteiger partial charge in [0, 0.05) is 11.9 Å². The minimum atomic E-state index is 0.166. The molecule has 0 aromatic heterocycles. The van der Waals surface area contributed by atoms with Gasteiger partial charge in [-0.3, -0.25) is 0 Å². The van der Waals surface area contributed by atoms with E-state index in [0.717, 1.165) is 17.9 Å². The molecule has 0 aromatic carbocycles. The quantitative estimate of drug-likeness (QED) is 0.477. The third-order valence-corrected chi connectivity index (χ3v) is 5.02. The van der Waals surface area contributed by atoms with Crippen molar-refractivity contribution in [1.29, 1.82) is 0 Å². The summed E-state index contributed by atoms with van der Waals surface area (Å²) in [6, 6.07) is 0. The Morgan fingerprint density at radius 3 is 2.38 bits per heavy atom. The molecule has 1 nitrogen and oxygen atoms in total. The fraction of sp³-hybridized carbons (Fsp3) is 1.00. The molecule has 0 amide bonds. The maximum atomic E-state index is 6.17. The van der Waals surface area contributed by atoms with Crippen molar-refractivity contribution in [1.82, 2.24) is 0 Å². The number of rotatable bonds is 7. The Bertz CT molecular complexity index is 174. The van der Waals surface area contributed by atoms with E-state index >= 15 is 0 Å². The molecule has 0 heterocycles. The number of unbranched alkanes of at least 4 members (excludes halogenated alkanes) is 2. The van der Waals surface area contributed by atoms with Gasteiger partial charge >= 0.3 is 0 Å². The molecule has 1 saturated carbocycles. The van der Waals surface area contributed by atoms with E-state index in [1.54, 1.807) is 0 Å². The lowest BCUT2D eigenvalue weighted by atomic mass is 9.79. The van der Waals surface area contributed by atoms with Crippen molar-refractivity contribution in [3.8, 4) is 0 Å². The lowest BCUT2D eigenvalue weighted by Gasteiger charge is -2.39. The summed E-state index contributed by atoms with van der Waals surface area (Å²) < 4.78 is 6.17. The summed E-state index contributed by atoms with van der Waals surface area (Å²) in [4.78, 5) is 0. The summed E-state index contributed by atoms with van der Waals surface area (Å²) in [5, 5.41) is 1.02. The molecule has 0 bridgehead atoms. The number of halogens is 1. The topological polar surface area (TPSA) is 9.23 Å². The highest BCUT2D eigenvalue weighted by Gasteiger charge is 2.34. The van der Waals surface area contributed by atoms with E-state index in [-0.39, 0.29) is 5.60 Å². The zero-order valence-electron chi connectivity index (χ0n) is 10.9. The Morgan fingerprint density at radius 1 is 1.19 bits per heavy atom. The normalized spacial score (nSPS) is 30.6. The van der Waals surface area contributed by atoms with Crippen LogP contribution in [0.4, 0.5) is 0 Å². The molecule has 0 N–H and O–H groups in total. The molecule has 0 aromatic rings. The molecule has 0 saturated heterocycles. The summed E-state index contributed by atoms with van der Waals surface area (Å²) in [6.07, 6.45) is 10.4. The second kappa shape index (κ2) is 7.71. The second-order valence-electron chi connectivity index (χ2n) is 5.22. The van der Waals surface area contributed by atoms with Crippen molar-refractivity contribution in [2.45, 2.75) is 70.8 Å². The summed E-state index contributed by atoms with van der Waals surface area (Å²) >= 11 is 3.65. The van der Waals surface area contributed by atoms with Crippen LogP contribution < -0.4 is 0 Å². The van der Waals surface area contributed by atoms with E-state index in [1.807, 2.05) is 0 Å². The van der Waals surface area contributed by atoms with Gasteiger partial charge in [-0.25, -0.2) is 0 Å². The maximum Gasteiger partial charge on any atom is 0.0779 e. The second-order valence-corrected chi connectivity index (χ2v) is 5.78. The fourth-order valence-corrected chi connectivity index (χ4v) is 3.29. The Morgan fingerprint density at radius 2 is 1.88 bits per heavy atom. The fourth-order valence-electron chi connectivity index (χ4n) is 2.57. The Labute approximate surface area is 109 Å². The molecule has 1 rings (SSSR count). The monoisotopic (exact) mass is 290 g/mol. The highest BCUT2D eigenvalue weighted by atomic mass is 79.9. The summed E-state index contributed by atoms with van der Waals surface area (Å²) in [6.45, 7) is 5.51. The molecule has 0 aliphatic heterocycles. The van der Waals surface area contributed by atoms with Gasteiger partial charge in [-0.05, 0) is 38.0 Å². The van der Waals surface area contributed by atoms with Gasteiger partial charge in [0.2, 0.25) is 0 Å². The first-order valence-electron chi connectivity index (χ1n) is 6.96. The molecule has 16 heavy (non-hydrogen) atoms. The third-order valence-electron chi connectivity index (χ3n) is 3.99. The third kappa shape index (κ3) is 4.37. The van der Waals surface area contributed by atoms with Gasteiger partial charge < -0.3 is 4.74 Å². The molecule has 96 valence electrons. The molecular weight excluding hydrogens is 264 g/mol. The zero-order chi connectivity index (χ0) is 11.9. The van der Waals surface area contributed by atoms with Gasteiger partial charge in [-0.1, -0.05) is 49.0 Å². The van der Waals surface area contributed by atoms with Gasteiger partial charge in [-0.15, -0.1) is 0 Å². The number of alkyl halides is 1. The van der Waals surface area contributed by atoms with Gasteiger partial charge in [0.25, 0.3) is 0 Å². The number of hydrogen-bond donors (Lipinski definition) is 0. The highest BCUT2D eigenvalue weighted by Crippen LogP contribution is 2.37. The van der Waals surface area contributed by atoms with Crippen molar-refractivity contribution < 1.29 is 4.74 Å². The molecule has 0 unspecified atom stereocenters. The van der Waals surface area contributed by atoms with Crippen molar-refractivity contribution >= 4 is 15.9 Å². The van der Waals surface area contributed by atoms with E-state index in [9.17, 15) is 0 Å². The van der Waals surface area contributed by atoms with E-state index in [4.69, 9.17) is 4.74 Å². The summed E-state index contributed by atoms with van der Waals surface area (Å²) in [5.74, 6) is 0.950. The van der Waals surface area contributed by atoms with Crippen LogP contribution in [0.3, 0.4) is 0 Å². The average molecular weight is 291 g/mol. The Hall–Kier alpha value is 0.440. The maximum absolute atomic E-state index is 6.17. The SMILES string of the molecule is CCCCCOC1(CBr)CCC(CC)CC1. The minimum Gasteiger partial charge on any atom is -0.374 e. The first-order valence-corrected chi connectivity index (χ1v) is 8.08. The molecular formula is C14H27BrO. The van der Waals surface area contributed by atoms with Gasteiger partial charge in [-0.2, -0.15) is 0 Å². The summed E-state index contributed by atoms with van der Waals surface area (Å²) in [7, 11) is 0. The molecule has 0 atom stereocenters. The first kappa shape index (κ1) is 14.5. The van der Waals surface area contributed by atoms with Crippen LogP contribution in [0.5, 0.6) is 0 Å². The van der Waals surface area contributed by atoms with Gasteiger partial charge in [0.1, 0.15) is 0 Å². The van der Waals surface area contributed by atoms with E-state index < -0.39 is 0 Å². The van der Waals surface area contributed by atoms with Crippen molar-refractivity contribution in [2.24, 2.45) is 5.92 Å². The first-order chi connectivity index (χ1) is 7.76. The number of ether oxygens (including phenoxy) is 1. The molecule has 1 aliphatic rings. The van der Waals surface area contributed by atoms with Gasteiger partial charge in [0.05, 0.1) is 5.60 Å². The molecule has 0 spiro atoms. The largest absolute Gasteiger partial charge is 0.374 e. The lowest BCUT2D eigenvalue weighted by molar-refractivity contribution is -0.0613. The molecule has 2 heteroatoms.